The number of carbonyl (C=O) groups is 1. The summed E-state index contributed by atoms with van der Waals surface area (Å²) < 4.78 is 10.6. The summed E-state index contributed by atoms with van der Waals surface area (Å²) in [7, 11) is 0. The van der Waals surface area contributed by atoms with Gasteiger partial charge in [0.15, 0.2) is 0 Å². The van der Waals surface area contributed by atoms with Gasteiger partial charge in [-0.2, -0.15) is 0 Å². The Kier molecular flexibility index (Phi) is 4.58. The molecule has 0 saturated heterocycles. The van der Waals surface area contributed by atoms with Gasteiger partial charge in [-0.1, -0.05) is 0 Å². The summed E-state index contributed by atoms with van der Waals surface area (Å²) in [6.45, 7) is 0.437. The van der Waals surface area contributed by atoms with Crippen molar-refractivity contribution in [3.8, 4) is 11.5 Å². The molecule has 1 aliphatic rings. The monoisotopic (exact) mass is 308 g/mol. The molecular weight excluding hydrogens is 299 g/mol. The number of carbonyl (C=O) groups excluding carboxylic acids is 1. The van der Waals surface area contributed by atoms with Gasteiger partial charge in [0, 0.05) is 6.07 Å². The highest BCUT2D eigenvalue weighted by Gasteiger charge is 2.30. The zero-order valence-electron chi connectivity index (χ0n) is 8.20. The summed E-state index contributed by atoms with van der Waals surface area (Å²) in [5.74, 6) is 1.57. The van der Waals surface area contributed by atoms with E-state index in [2.05, 4.69) is 15.9 Å². The number of Topliss-reactive ketones (excluding diaryl/α,β-unsaturated/α-hetero) is 1. The van der Waals surface area contributed by atoms with Crippen molar-refractivity contribution in [3.63, 3.8) is 0 Å². The lowest BCUT2D eigenvalue weighted by Gasteiger charge is -2.05. The minimum atomic E-state index is -0.573. The molecule has 0 saturated carbocycles. The first-order valence-electron chi connectivity index (χ1n) is 4.40. The van der Waals surface area contributed by atoms with Gasteiger partial charge in [0.1, 0.15) is 18.1 Å². The second kappa shape index (κ2) is 5.52. The number of halogens is 2. The number of hydrogen-bond acceptors (Lipinski definition) is 3. The highest BCUT2D eigenvalue weighted by molar-refractivity contribution is 9.09. The molecule has 1 aromatic rings. The molecule has 1 aliphatic heterocycles. The zero-order valence-corrected chi connectivity index (χ0v) is 10.5. The molecule has 0 spiro atoms. The second-order valence-electron chi connectivity index (χ2n) is 2.99. The van der Waals surface area contributed by atoms with Crippen LogP contribution >= 0.6 is 27.5 Å². The van der Waals surface area contributed by atoms with Crippen LogP contribution in [-0.4, -0.2) is 28.8 Å². The zero-order chi connectivity index (χ0) is 10.8. The predicted octanol–water partition coefficient (Wildman–Crippen LogP) is 1.78. The molecule has 2 N–H and O–H groups in total. The van der Waals surface area contributed by atoms with Crippen molar-refractivity contribution in [3.05, 3.63) is 23.8 Å². The van der Waals surface area contributed by atoms with Gasteiger partial charge in [0.05, 0.1) is 11.4 Å². The molecule has 0 aromatic heterocycles. The van der Waals surface area contributed by atoms with Gasteiger partial charge < -0.3 is 14.9 Å². The van der Waals surface area contributed by atoms with Crippen LogP contribution in [0.5, 0.6) is 11.5 Å². The maximum Gasteiger partial charge on any atom is 0.218 e. The molecule has 1 aromatic carbocycles. The number of ketones is 1. The fourth-order valence-electron chi connectivity index (χ4n) is 1.34. The molecule has 0 bridgehead atoms. The van der Waals surface area contributed by atoms with Crippen LogP contribution in [-0.2, 0) is 0 Å². The van der Waals surface area contributed by atoms with Crippen LogP contribution in [0.15, 0.2) is 18.2 Å². The SMILES string of the molecule is O.O=C1c2ccc(OCCCl)cc2OC1Br. The Balaban J connectivity index is 0.00000128. The molecule has 16 heavy (non-hydrogen) atoms. The Bertz CT molecular complexity index is 396. The van der Waals surface area contributed by atoms with E-state index in [1.807, 2.05) is 0 Å². The average molecular weight is 310 g/mol. The Morgan fingerprint density at radius 1 is 1.50 bits per heavy atom. The van der Waals surface area contributed by atoms with Gasteiger partial charge in [0.2, 0.25) is 10.8 Å². The van der Waals surface area contributed by atoms with E-state index in [4.69, 9.17) is 21.1 Å². The van der Waals surface area contributed by atoms with Crippen LogP contribution in [0, 0.1) is 0 Å². The summed E-state index contributed by atoms with van der Waals surface area (Å²) in [6, 6.07) is 5.13. The van der Waals surface area contributed by atoms with Crippen molar-refractivity contribution in [2.75, 3.05) is 12.5 Å². The van der Waals surface area contributed by atoms with E-state index in [9.17, 15) is 4.79 Å². The number of hydrogen-bond donors (Lipinski definition) is 0. The number of ether oxygens (including phenoxy) is 2. The lowest BCUT2D eigenvalue weighted by atomic mass is 10.1. The summed E-state index contributed by atoms with van der Waals surface area (Å²) >= 11 is 8.63. The number of fused-ring (bicyclic) bond motifs is 1. The summed E-state index contributed by atoms with van der Waals surface area (Å²) in [5.41, 5.74) is 0.579. The van der Waals surface area contributed by atoms with Crippen molar-refractivity contribution in [1.29, 1.82) is 0 Å². The van der Waals surface area contributed by atoms with Crippen molar-refractivity contribution < 1.29 is 19.7 Å². The van der Waals surface area contributed by atoms with Crippen molar-refractivity contribution in [1.82, 2.24) is 0 Å². The Morgan fingerprint density at radius 2 is 2.25 bits per heavy atom. The number of rotatable bonds is 3. The number of benzene rings is 1. The molecule has 1 unspecified atom stereocenters. The van der Waals surface area contributed by atoms with Crippen molar-refractivity contribution in [2.24, 2.45) is 0 Å². The van der Waals surface area contributed by atoms with Crippen LogP contribution in [0.4, 0.5) is 0 Å². The summed E-state index contributed by atoms with van der Waals surface area (Å²) in [4.78, 5) is 11.5. The molecule has 0 radical (unpaired) electrons. The Hall–Kier alpha value is -0.780. The van der Waals surface area contributed by atoms with Gasteiger partial charge in [-0.15, -0.1) is 11.6 Å². The van der Waals surface area contributed by atoms with Crippen LogP contribution < -0.4 is 9.47 Å². The quantitative estimate of drug-likeness (QED) is 0.799. The molecule has 88 valence electrons. The van der Waals surface area contributed by atoms with E-state index < -0.39 is 5.01 Å². The maximum atomic E-state index is 11.5. The third-order valence-electron chi connectivity index (χ3n) is 2.00. The van der Waals surface area contributed by atoms with E-state index in [1.54, 1.807) is 18.2 Å². The maximum absolute atomic E-state index is 11.5. The molecule has 0 aliphatic carbocycles. The lowest BCUT2D eigenvalue weighted by Crippen LogP contribution is -2.10. The fourth-order valence-corrected chi connectivity index (χ4v) is 1.86. The second-order valence-corrected chi connectivity index (χ2v) is 4.20. The normalized spacial score (nSPS) is 17.4. The fraction of sp³-hybridized carbons (Fsp3) is 0.300. The molecule has 0 fully saturated rings. The van der Waals surface area contributed by atoms with Crippen molar-refractivity contribution >= 4 is 33.3 Å². The van der Waals surface area contributed by atoms with E-state index in [0.29, 0.717) is 29.5 Å². The van der Waals surface area contributed by atoms with Crippen molar-refractivity contribution in [2.45, 2.75) is 5.01 Å². The average Bonchev–Trinajstić information content (AvgIpc) is 2.52. The van der Waals surface area contributed by atoms with Gasteiger partial charge >= 0.3 is 0 Å². The van der Waals surface area contributed by atoms with E-state index in [-0.39, 0.29) is 11.3 Å². The van der Waals surface area contributed by atoms with E-state index >= 15 is 0 Å². The molecule has 1 heterocycles. The summed E-state index contributed by atoms with van der Waals surface area (Å²) in [6.07, 6.45) is 0. The highest BCUT2D eigenvalue weighted by Crippen LogP contribution is 2.34. The first kappa shape index (κ1) is 13.3. The minimum absolute atomic E-state index is 0. The summed E-state index contributed by atoms with van der Waals surface area (Å²) in [5, 5.41) is -0.573. The topological polar surface area (TPSA) is 67.0 Å². The first-order valence-corrected chi connectivity index (χ1v) is 5.85. The molecule has 1 atom stereocenters. The van der Waals surface area contributed by atoms with Gasteiger partial charge in [-0.05, 0) is 28.1 Å². The number of alkyl halides is 2. The molecule has 2 rings (SSSR count). The van der Waals surface area contributed by atoms with Crippen LogP contribution in [0.1, 0.15) is 10.4 Å². The van der Waals surface area contributed by atoms with Crippen LogP contribution in [0.2, 0.25) is 0 Å². The third kappa shape index (κ3) is 2.48. The standard InChI is InChI=1S/C10H8BrClO3.H2O/c11-10-9(13)7-2-1-6(14-4-3-12)5-8(7)15-10;/h1-2,5,10H,3-4H2;1H2. The Morgan fingerprint density at radius 3 is 2.94 bits per heavy atom. The highest BCUT2D eigenvalue weighted by atomic mass is 79.9. The lowest BCUT2D eigenvalue weighted by molar-refractivity contribution is 0.0942. The van der Waals surface area contributed by atoms with E-state index in [0.717, 1.165) is 0 Å². The van der Waals surface area contributed by atoms with Crippen LogP contribution in [0.25, 0.3) is 0 Å². The minimum Gasteiger partial charge on any atom is -0.492 e. The molecule has 0 amide bonds. The van der Waals surface area contributed by atoms with Gasteiger partial charge in [-0.25, -0.2) is 0 Å². The third-order valence-corrected chi connectivity index (χ3v) is 2.76. The Labute approximate surface area is 106 Å². The molecular formula is C10H10BrClO4. The molecule has 6 heteroatoms. The van der Waals surface area contributed by atoms with Gasteiger partial charge in [-0.3, -0.25) is 4.79 Å². The predicted molar refractivity (Wildman–Crippen MR) is 63.9 cm³/mol. The smallest absolute Gasteiger partial charge is 0.218 e. The van der Waals surface area contributed by atoms with Crippen LogP contribution in [0.3, 0.4) is 0 Å². The molecule has 4 nitrogen and oxygen atoms in total. The first-order chi connectivity index (χ1) is 7.22. The van der Waals surface area contributed by atoms with E-state index in [1.165, 1.54) is 0 Å². The van der Waals surface area contributed by atoms with Gasteiger partial charge in [0.25, 0.3) is 0 Å². The largest absolute Gasteiger partial charge is 0.492 e.